The largest absolute Gasteiger partial charge is 0.465 e. The van der Waals surface area contributed by atoms with Crippen molar-refractivity contribution in [3.8, 4) is 6.07 Å². The van der Waals surface area contributed by atoms with Crippen LogP contribution in [0.5, 0.6) is 0 Å². The lowest BCUT2D eigenvalue weighted by Crippen LogP contribution is -2.14. The van der Waals surface area contributed by atoms with Gasteiger partial charge in [-0.1, -0.05) is 11.8 Å². The van der Waals surface area contributed by atoms with Crippen molar-refractivity contribution in [2.75, 3.05) is 12.9 Å². The van der Waals surface area contributed by atoms with Crippen LogP contribution in [0.15, 0.2) is 17.3 Å². The Bertz CT molecular complexity index is 735. The number of alkyl halides is 3. The zero-order valence-electron chi connectivity index (χ0n) is 10.5. The molecule has 0 atom stereocenters. The van der Waals surface area contributed by atoms with E-state index in [0.717, 1.165) is 31.0 Å². The van der Waals surface area contributed by atoms with Gasteiger partial charge < -0.3 is 4.74 Å². The summed E-state index contributed by atoms with van der Waals surface area (Å²) in [4.78, 5) is 11.6. The SMILES string of the molecule is COC(=O)c1ccc(C(F)(F)F)n2c(SCC#N)nnc12. The molecule has 110 valence electrons. The van der Waals surface area contributed by atoms with Crippen molar-refractivity contribution in [2.45, 2.75) is 11.3 Å². The van der Waals surface area contributed by atoms with E-state index in [2.05, 4.69) is 14.9 Å². The number of rotatable bonds is 3. The molecular formula is C11H7F3N4O2S. The molecule has 0 aliphatic rings. The number of fused-ring (bicyclic) bond motifs is 1. The maximum atomic E-state index is 13.0. The molecule has 0 spiro atoms. The van der Waals surface area contributed by atoms with Gasteiger partial charge >= 0.3 is 12.1 Å². The van der Waals surface area contributed by atoms with Gasteiger partial charge in [-0.15, -0.1) is 10.2 Å². The van der Waals surface area contributed by atoms with Gasteiger partial charge in [-0.05, 0) is 12.1 Å². The fraction of sp³-hybridized carbons (Fsp3) is 0.273. The lowest BCUT2D eigenvalue weighted by atomic mass is 10.2. The number of nitrogens with zero attached hydrogens (tertiary/aromatic N) is 4. The molecule has 0 fully saturated rings. The number of hydrogen-bond donors (Lipinski definition) is 0. The van der Waals surface area contributed by atoms with Crippen LogP contribution in [0.3, 0.4) is 0 Å². The van der Waals surface area contributed by atoms with E-state index < -0.39 is 17.8 Å². The number of esters is 1. The van der Waals surface area contributed by atoms with Crippen LogP contribution in [-0.4, -0.2) is 33.4 Å². The Morgan fingerprint density at radius 1 is 1.48 bits per heavy atom. The van der Waals surface area contributed by atoms with E-state index in [9.17, 15) is 18.0 Å². The third-order valence-electron chi connectivity index (χ3n) is 2.48. The van der Waals surface area contributed by atoms with Gasteiger partial charge in [-0.25, -0.2) is 4.79 Å². The van der Waals surface area contributed by atoms with Crippen molar-refractivity contribution in [1.29, 1.82) is 5.26 Å². The number of pyridine rings is 1. The summed E-state index contributed by atoms with van der Waals surface area (Å²) in [7, 11) is 1.11. The summed E-state index contributed by atoms with van der Waals surface area (Å²) in [5.41, 5.74) is -1.44. The summed E-state index contributed by atoms with van der Waals surface area (Å²) in [5.74, 6) is -0.918. The summed E-state index contributed by atoms with van der Waals surface area (Å²) in [6, 6.07) is 3.52. The molecule has 0 aliphatic carbocycles. The van der Waals surface area contributed by atoms with Crippen molar-refractivity contribution >= 4 is 23.4 Å². The first-order valence-electron chi connectivity index (χ1n) is 5.43. The van der Waals surface area contributed by atoms with Gasteiger partial charge in [0.05, 0.1) is 18.9 Å². The fourth-order valence-electron chi connectivity index (χ4n) is 1.65. The van der Waals surface area contributed by atoms with Gasteiger partial charge in [0.25, 0.3) is 0 Å². The molecule has 0 aromatic carbocycles. The summed E-state index contributed by atoms with van der Waals surface area (Å²) >= 11 is 0.791. The minimum absolute atomic E-state index is 0.0967. The van der Waals surface area contributed by atoms with Gasteiger partial charge in [0.2, 0.25) is 0 Å². The van der Waals surface area contributed by atoms with Crippen LogP contribution in [0, 0.1) is 11.3 Å². The second-order valence-electron chi connectivity index (χ2n) is 3.71. The molecule has 10 heteroatoms. The first kappa shape index (κ1) is 15.1. The number of thioether (sulfide) groups is 1. The second kappa shape index (κ2) is 5.61. The smallest absolute Gasteiger partial charge is 0.431 e. The third-order valence-corrected chi connectivity index (χ3v) is 3.28. The normalized spacial score (nSPS) is 11.4. The molecule has 2 aromatic rings. The highest BCUT2D eigenvalue weighted by atomic mass is 32.2. The van der Waals surface area contributed by atoms with Crippen LogP contribution in [0.4, 0.5) is 13.2 Å². The van der Waals surface area contributed by atoms with Crippen LogP contribution in [-0.2, 0) is 10.9 Å². The highest BCUT2D eigenvalue weighted by Crippen LogP contribution is 2.33. The molecule has 0 bridgehead atoms. The van der Waals surface area contributed by atoms with E-state index in [1.54, 1.807) is 6.07 Å². The molecule has 2 rings (SSSR count). The number of methoxy groups -OCH3 is 1. The molecule has 0 aliphatic heterocycles. The van der Waals surface area contributed by atoms with Crippen molar-refractivity contribution in [3.05, 3.63) is 23.4 Å². The summed E-state index contributed by atoms with van der Waals surface area (Å²) in [6.07, 6.45) is -4.66. The Labute approximate surface area is 120 Å². The van der Waals surface area contributed by atoms with E-state index >= 15 is 0 Å². The molecule has 2 heterocycles. The predicted octanol–water partition coefficient (Wildman–Crippen LogP) is 2.15. The minimum Gasteiger partial charge on any atom is -0.465 e. The standard InChI is InChI=1S/C11H7F3N4O2S/c1-20-9(19)6-2-3-7(11(12,13)14)18-8(6)16-17-10(18)21-5-4-15/h2-3H,5H2,1H3. The molecule has 0 N–H and O–H groups in total. The Morgan fingerprint density at radius 2 is 2.19 bits per heavy atom. The van der Waals surface area contributed by atoms with E-state index in [0.29, 0.717) is 4.40 Å². The van der Waals surface area contributed by atoms with Crippen LogP contribution in [0.1, 0.15) is 16.1 Å². The highest BCUT2D eigenvalue weighted by molar-refractivity contribution is 7.99. The monoisotopic (exact) mass is 316 g/mol. The van der Waals surface area contributed by atoms with Gasteiger partial charge in [-0.2, -0.15) is 18.4 Å². The zero-order chi connectivity index (χ0) is 15.6. The first-order chi connectivity index (χ1) is 9.90. The van der Waals surface area contributed by atoms with Crippen LogP contribution < -0.4 is 0 Å². The maximum Gasteiger partial charge on any atom is 0.431 e. The number of nitriles is 1. The van der Waals surface area contributed by atoms with Crippen LogP contribution in [0.25, 0.3) is 5.65 Å². The fourth-order valence-corrected chi connectivity index (χ4v) is 2.26. The number of halogens is 3. The van der Waals surface area contributed by atoms with E-state index in [4.69, 9.17) is 5.26 Å². The molecule has 2 aromatic heterocycles. The Kier molecular flexibility index (Phi) is 4.04. The Balaban J connectivity index is 2.73. The molecular weight excluding hydrogens is 309 g/mol. The molecule has 21 heavy (non-hydrogen) atoms. The predicted molar refractivity (Wildman–Crippen MR) is 65.7 cm³/mol. The number of aromatic nitrogens is 3. The summed E-state index contributed by atoms with van der Waals surface area (Å²) in [5, 5.41) is 15.6. The Hall–Kier alpha value is -2.28. The van der Waals surface area contributed by atoms with Gasteiger partial charge in [0.15, 0.2) is 10.8 Å². The van der Waals surface area contributed by atoms with Crippen molar-refractivity contribution in [3.63, 3.8) is 0 Å². The van der Waals surface area contributed by atoms with Crippen LogP contribution >= 0.6 is 11.8 Å². The highest BCUT2D eigenvalue weighted by Gasteiger charge is 2.36. The van der Waals surface area contributed by atoms with E-state index in [-0.39, 0.29) is 22.1 Å². The average Bonchev–Trinajstić information content (AvgIpc) is 2.86. The number of carbonyl (C=O) groups excluding carboxylic acids is 1. The quantitative estimate of drug-likeness (QED) is 0.637. The molecule has 0 unspecified atom stereocenters. The van der Waals surface area contributed by atoms with Gasteiger partial charge in [0.1, 0.15) is 11.3 Å². The zero-order valence-corrected chi connectivity index (χ0v) is 11.3. The third kappa shape index (κ3) is 2.78. The van der Waals surface area contributed by atoms with Gasteiger partial charge in [0, 0.05) is 0 Å². The van der Waals surface area contributed by atoms with Crippen molar-refractivity contribution in [2.24, 2.45) is 0 Å². The summed E-state index contributed by atoms with van der Waals surface area (Å²) in [6.45, 7) is 0. The van der Waals surface area contributed by atoms with Crippen molar-refractivity contribution < 1.29 is 22.7 Å². The number of ether oxygens (including phenoxy) is 1. The van der Waals surface area contributed by atoms with Gasteiger partial charge in [-0.3, -0.25) is 4.40 Å². The van der Waals surface area contributed by atoms with E-state index in [1.807, 2.05) is 0 Å². The second-order valence-corrected chi connectivity index (χ2v) is 4.65. The average molecular weight is 316 g/mol. The molecule has 0 radical (unpaired) electrons. The minimum atomic E-state index is -4.66. The number of carbonyl (C=O) groups is 1. The lowest BCUT2D eigenvalue weighted by Gasteiger charge is -2.11. The Morgan fingerprint density at radius 3 is 2.76 bits per heavy atom. The number of hydrogen-bond acceptors (Lipinski definition) is 6. The van der Waals surface area contributed by atoms with Crippen molar-refractivity contribution in [1.82, 2.24) is 14.6 Å². The molecule has 6 nitrogen and oxygen atoms in total. The summed E-state index contributed by atoms with van der Waals surface area (Å²) < 4.78 is 44.3. The lowest BCUT2D eigenvalue weighted by molar-refractivity contribution is -0.142. The molecule has 0 saturated carbocycles. The first-order valence-corrected chi connectivity index (χ1v) is 6.42. The van der Waals surface area contributed by atoms with E-state index in [1.165, 1.54) is 0 Å². The molecule has 0 saturated heterocycles. The topological polar surface area (TPSA) is 80.3 Å². The van der Waals surface area contributed by atoms with Crippen LogP contribution in [0.2, 0.25) is 0 Å². The maximum absolute atomic E-state index is 13.0. The molecule has 0 amide bonds.